The molecule has 0 aromatic rings. The molecule has 5 nitrogen and oxygen atoms in total. The maximum Gasteiger partial charge on any atom is 0.322 e. The molecule has 0 rings (SSSR count). The van der Waals surface area contributed by atoms with Crippen LogP contribution in [0.1, 0.15) is 0 Å². The van der Waals surface area contributed by atoms with E-state index in [1.165, 1.54) is 6.07 Å². The zero-order valence-electron chi connectivity index (χ0n) is 5.19. The van der Waals surface area contributed by atoms with Crippen molar-refractivity contribution in [3.8, 4) is 6.07 Å². The first kappa shape index (κ1) is 10.2. The highest BCUT2D eigenvalue weighted by molar-refractivity contribution is 8.13. The van der Waals surface area contributed by atoms with Gasteiger partial charge < -0.3 is 5.11 Å². The van der Waals surface area contributed by atoms with Crippen LogP contribution in [0.5, 0.6) is 0 Å². The van der Waals surface area contributed by atoms with E-state index in [2.05, 4.69) is 0 Å². The molecule has 0 amide bonds. The van der Waals surface area contributed by atoms with Gasteiger partial charge >= 0.3 is 5.97 Å². The van der Waals surface area contributed by atoms with E-state index in [9.17, 15) is 13.2 Å². The van der Waals surface area contributed by atoms with Gasteiger partial charge in [0.25, 0.3) is 0 Å². The first-order valence-corrected chi connectivity index (χ1v) is 4.89. The van der Waals surface area contributed by atoms with Crippen molar-refractivity contribution in [1.82, 2.24) is 0 Å². The molecule has 0 aliphatic rings. The molecule has 0 spiro atoms. The van der Waals surface area contributed by atoms with E-state index in [1.807, 2.05) is 0 Å². The Labute approximate surface area is 67.6 Å². The minimum atomic E-state index is -3.91. The second-order valence-electron chi connectivity index (χ2n) is 1.73. The predicted octanol–water partition coefficient (Wildman–Crippen LogP) is -0.221. The van der Waals surface area contributed by atoms with Crippen LogP contribution in [0.25, 0.3) is 0 Å². The van der Waals surface area contributed by atoms with Gasteiger partial charge in [0, 0.05) is 10.7 Å². The van der Waals surface area contributed by atoms with E-state index in [-0.39, 0.29) is 0 Å². The Morgan fingerprint density at radius 3 is 2.27 bits per heavy atom. The lowest BCUT2D eigenvalue weighted by atomic mass is 10.2. The van der Waals surface area contributed by atoms with Gasteiger partial charge in [-0.3, -0.25) is 4.79 Å². The molecule has 0 aliphatic carbocycles. The molecule has 0 aromatic carbocycles. The summed E-state index contributed by atoms with van der Waals surface area (Å²) in [5, 5.41) is 16.3. The van der Waals surface area contributed by atoms with E-state index < -0.39 is 26.7 Å². The van der Waals surface area contributed by atoms with Gasteiger partial charge in [-0.15, -0.1) is 0 Å². The van der Waals surface area contributed by atoms with Crippen LogP contribution in [0.2, 0.25) is 0 Å². The van der Waals surface area contributed by atoms with E-state index in [0.717, 1.165) is 0 Å². The second kappa shape index (κ2) is 3.55. The summed E-state index contributed by atoms with van der Waals surface area (Å²) in [5.41, 5.74) is 0. The van der Waals surface area contributed by atoms with Gasteiger partial charge in [-0.05, 0) is 0 Å². The molecule has 1 unspecified atom stereocenters. The molecule has 0 fully saturated rings. The minimum Gasteiger partial charge on any atom is -0.480 e. The molecular formula is C4H4ClNO4S. The highest BCUT2D eigenvalue weighted by Crippen LogP contribution is 2.04. The van der Waals surface area contributed by atoms with Crippen LogP contribution in [-0.4, -0.2) is 25.2 Å². The van der Waals surface area contributed by atoms with Gasteiger partial charge in [-0.1, -0.05) is 0 Å². The molecule has 0 radical (unpaired) electrons. The Kier molecular flexibility index (Phi) is 3.29. The van der Waals surface area contributed by atoms with Crippen molar-refractivity contribution in [1.29, 1.82) is 5.26 Å². The average molecular weight is 198 g/mol. The molecular weight excluding hydrogens is 194 g/mol. The largest absolute Gasteiger partial charge is 0.480 e. The highest BCUT2D eigenvalue weighted by atomic mass is 35.7. The van der Waals surface area contributed by atoms with Crippen LogP contribution < -0.4 is 0 Å². The van der Waals surface area contributed by atoms with Crippen molar-refractivity contribution in [2.75, 3.05) is 5.75 Å². The third kappa shape index (κ3) is 4.58. The SMILES string of the molecule is N#CC(CS(=O)(=O)Cl)C(=O)O. The van der Waals surface area contributed by atoms with Gasteiger partial charge in [0.2, 0.25) is 9.05 Å². The number of carboxylic acids is 1. The van der Waals surface area contributed by atoms with Crippen LogP contribution in [0.4, 0.5) is 0 Å². The van der Waals surface area contributed by atoms with Crippen LogP contribution >= 0.6 is 10.7 Å². The summed E-state index contributed by atoms with van der Waals surface area (Å²) >= 11 is 0. The number of hydrogen-bond donors (Lipinski definition) is 1. The minimum absolute atomic E-state index is 0.861. The standard InChI is InChI=1S/C4H4ClNO4S/c5-11(9,10)2-3(1-6)4(7)8/h3H,2H2,(H,7,8). The summed E-state index contributed by atoms with van der Waals surface area (Å²) in [5.74, 6) is -3.94. The van der Waals surface area contributed by atoms with Crippen molar-refractivity contribution in [2.45, 2.75) is 0 Å². The molecule has 0 bridgehead atoms. The fraction of sp³-hybridized carbons (Fsp3) is 0.500. The topological polar surface area (TPSA) is 95.2 Å². The molecule has 0 aromatic heterocycles. The number of aliphatic carboxylic acids is 1. The lowest BCUT2D eigenvalue weighted by Crippen LogP contribution is -2.19. The van der Waals surface area contributed by atoms with Gasteiger partial charge in [0.15, 0.2) is 5.92 Å². The number of rotatable bonds is 3. The summed E-state index contributed by atoms with van der Waals surface area (Å²) in [7, 11) is 0.797. The predicted molar refractivity (Wildman–Crippen MR) is 36.4 cm³/mol. The number of carboxylic acid groups (broad SMARTS) is 1. The summed E-state index contributed by atoms with van der Waals surface area (Å²) in [6.45, 7) is 0. The summed E-state index contributed by atoms with van der Waals surface area (Å²) in [4.78, 5) is 10.1. The number of halogens is 1. The molecule has 1 N–H and O–H groups in total. The highest BCUT2D eigenvalue weighted by Gasteiger charge is 2.23. The van der Waals surface area contributed by atoms with Crippen LogP contribution in [0, 0.1) is 17.2 Å². The van der Waals surface area contributed by atoms with Crippen LogP contribution in [0.15, 0.2) is 0 Å². The van der Waals surface area contributed by atoms with Gasteiger partial charge in [0.1, 0.15) is 0 Å². The Morgan fingerprint density at radius 1 is 1.73 bits per heavy atom. The summed E-state index contributed by atoms with van der Waals surface area (Å²) in [6.07, 6.45) is 0. The van der Waals surface area contributed by atoms with Gasteiger partial charge in [-0.25, -0.2) is 8.42 Å². The maximum atomic E-state index is 10.3. The zero-order valence-corrected chi connectivity index (χ0v) is 6.76. The quantitative estimate of drug-likeness (QED) is 0.631. The summed E-state index contributed by atoms with van der Waals surface area (Å²) < 4.78 is 20.5. The fourth-order valence-corrected chi connectivity index (χ4v) is 1.36. The Balaban J connectivity index is 4.38. The van der Waals surface area contributed by atoms with Crippen molar-refractivity contribution in [3.05, 3.63) is 0 Å². The second-order valence-corrected chi connectivity index (χ2v) is 4.55. The number of nitrogens with zero attached hydrogens (tertiary/aromatic N) is 1. The third-order valence-corrected chi connectivity index (χ3v) is 1.93. The van der Waals surface area contributed by atoms with Crippen molar-refractivity contribution < 1.29 is 18.3 Å². The first-order valence-electron chi connectivity index (χ1n) is 2.41. The molecule has 0 heterocycles. The normalized spacial score (nSPS) is 13.5. The monoisotopic (exact) mass is 197 g/mol. The zero-order chi connectivity index (χ0) is 9.07. The summed E-state index contributed by atoms with van der Waals surface area (Å²) in [6, 6.07) is 1.29. The Bertz CT molecular complexity index is 290. The van der Waals surface area contributed by atoms with E-state index in [4.69, 9.17) is 21.1 Å². The van der Waals surface area contributed by atoms with E-state index in [0.29, 0.717) is 0 Å². The molecule has 11 heavy (non-hydrogen) atoms. The third-order valence-electron chi connectivity index (χ3n) is 0.820. The van der Waals surface area contributed by atoms with Gasteiger partial charge in [0.05, 0.1) is 11.8 Å². The molecule has 1 atom stereocenters. The fourth-order valence-electron chi connectivity index (χ4n) is 0.363. The van der Waals surface area contributed by atoms with Gasteiger partial charge in [-0.2, -0.15) is 5.26 Å². The van der Waals surface area contributed by atoms with Crippen molar-refractivity contribution >= 4 is 25.7 Å². The molecule has 7 heteroatoms. The molecule has 0 aliphatic heterocycles. The van der Waals surface area contributed by atoms with E-state index in [1.54, 1.807) is 0 Å². The molecule has 0 saturated carbocycles. The lowest BCUT2D eigenvalue weighted by molar-refractivity contribution is -0.139. The first-order chi connectivity index (χ1) is 4.87. The Morgan fingerprint density at radius 2 is 2.18 bits per heavy atom. The Hall–Kier alpha value is -0.800. The van der Waals surface area contributed by atoms with Crippen LogP contribution in [0.3, 0.4) is 0 Å². The molecule has 62 valence electrons. The number of hydrogen-bond acceptors (Lipinski definition) is 4. The maximum absolute atomic E-state index is 10.3. The van der Waals surface area contributed by atoms with Crippen molar-refractivity contribution in [3.63, 3.8) is 0 Å². The lowest BCUT2D eigenvalue weighted by Gasteiger charge is -1.97. The smallest absolute Gasteiger partial charge is 0.322 e. The van der Waals surface area contributed by atoms with E-state index >= 15 is 0 Å². The van der Waals surface area contributed by atoms with Crippen molar-refractivity contribution in [2.24, 2.45) is 5.92 Å². The molecule has 0 saturated heterocycles. The number of nitriles is 1. The average Bonchev–Trinajstić information content (AvgIpc) is 1.80. The number of carbonyl (C=O) groups is 1. The van der Waals surface area contributed by atoms with Crippen LogP contribution in [-0.2, 0) is 13.8 Å².